The number of aromatic hydroxyl groups is 1. The van der Waals surface area contributed by atoms with Crippen molar-refractivity contribution in [2.24, 2.45) is 29.2 Å². The number of para-hydroxylation sites is 1. The second-order valence-electron chi connectivity index (χ2n) is 35.2. The number of aromatic nitrogens is 1. The molecule has 42 nitrogen and oxygen atoms in total. The third-order valence-corrected chi connectivity index (χ3v) is 24.0. The molecule has 0 unspecified atom stereocenters. The quantitative estimate of drug-likeness (QED) is 0.0168. The Morgan fingerprint density at radius 2 is 0.816 bits per heavy atom. The smallest absolute Gasteiger partial charge is 0.305 e. The second kappa shape index (κ2) is 55.3. The van der Waals surface area contributed by atoms with Gasteiger partial charge in [0.25, 0.3) is 0 Å². The summed E-state index contributed by atoms with van der Waals surface area (Å²) < 4.78 is 0. The van der Waals surface area contributed by atoms with Crippen molar-refractivity contribution in [3.05, 3.63) is 198 Å². The van der Waals surface area contributed by atoms with E-state index in [1.807, 2.05) is 19.1 Å². The number of aromatic amines is 1. The molecular formula is C98H126N20O22S. The Morgan fingerprint density at radius 1 is 0.418 bits per heavy atom. The van der Waals surface area contributed by atoms with Gasteiger partial charge in [-0.1, -0.05) is 213 Å². The third kappa shape index (κ3) is 35.6. The van der Waals surface area contributed by atoms with Crippen LogP contribution in [-0.4, -0.2) is 248 Å². The Bertz CT molecular complexity index is 5520. The van der Waals surface area contributed by atoms with Gasteiger partial charge in [0.1, 0.15) is 90.3 Å². The van der Waals surface area contributed by atoms with E-state index >= 15 is 43.2 Å². The van der Waals surface area contributed by atoms with Crippen LogP contribution in [0.5, 0.6) is 5.75 Å². The number of benzene rings is 6. The summed E-state index contributed by atoms with van der Waals surface area (Å²) in [5.41, 5.74) is 14.6. The first-order valence-electron chi connectivity index (χ1n) is 46.3. The molecule has 141 heavy (non-hydrogen) atoms. The van der Waals surface area contributed by atoms with E-state index in [0.29, 0.717) is 64.2 Å². The number of nitrogens with one attached hydrogen (secondary N) is 18. The number of H-pyrrole nitrogens is 1. The normalized spacial score (nSPS) is 22.4. The molecule has 8 rings (SSSR count). The van der Waals surface area contributed by atoms with Gasteiger partial charge < -0.3 is 122 Å². The molecule has 2 heterocycles. The number of nitrogens with two attached hydrogens (primary N) is 2. The minimum Gasteiger partial charge on any atom is -0.508 e. The number of phenolic OH excluding ortho intramolecular Hbond substituents is 1. The van der Waals surface area contributed by atoms with Crippen LogP contribution in [0.1, 0.15) is 134 Å². The number of hydrogen-bond acceptors (Lipinski definition) is 22. The molecule has 1 fully saturated rings. The van der Waals surface area contributed by atoms with Gasteiger partial charge in [-0.25, -0.2) is 0 Å². The van der Waals surface area contributed by atoms with Crippen molar-refractivity contribution in [1.82, 2.24) is 90.1 Å². The van der Waals surface area contributed by atoms with Crippen molar-refractivity contribution in [3.8, 4) is 16.9 Å². The van der Waals surface area contributed by atoms with Crippen molar-refractivity contribution in [2.45, 2.75) is 210 Å². The number of rotatable bonds is 29. The van der Waals surface area contributed by atoms with Crippen LogP contribution >= 0.6 is 11.8 Å². The summed E-state index contributed by atoms with van der Waals surface area (Å²) in [4.78, 5) is 265. The number of carbonyl (C=O) groups excluding carboxylic acids is 16. The van der Waals surface area contributed by atoms with E-state index in [1.54, 1.807) is 129 Å². The van der Waals surface area contributed by atoms with Gasteiger partial charge in [-0.2, -0.15) is 0 Å². The van der Waals surface area contributed by atoms with E-state index in [4.69, 9.17) is 16.9 Å². The number of guanidine groups is 1. The van der Waals surface area contributed by atoms with Crippen LogP contribution in [0.15, 0.2) is 170 Å². The number of thioether (sulfide) groups is 1. The van der Waals surface area contributed by atoms with Crippen LogP contribution in [0.3, 0.4) is 0 Å². The Labute approximate surface area is 818 Å². The maximum Gasteiger partial charge on any atom is 0.305 e. The molecule has 0 radical (unpaired) electrons. The lowest BCUT2D eigenvalue weighted by Crippen LogP contribution is -2.62. The fraction of sp³-hybridized carbons (Fsp3) is 0.418. The fourth-order valence-corrected chi connectivity index (χ4v) is 16.2. The first-order valence-corrected chi connectivity index (χ1v) is 47.4. The van der Waals surface area contributed by atoms with E-state index in [0.717, 1.165) is 5.56 Å². The number of aliphatic carboxylic acids is 2. The summed E-state index contributed by atoms with van der Waals surface area (Å²) in [5, 5.41) is 91.5. The largest absolute Gasteiger partial charge is 0.508 e. The minimum atomic E-state index is -2.11. The van der Waals surface area contributed by atoms with Crippen LogP contribution in [0, 0.1) is 23.2 Å². The standard InChI is InChI=1S/C98H126N20O22S/c1-8-9-13-31-66-86(129)115-81(54(4)5)95(138)113-74(50-119)93(136)114-75(84(127)104-49-76(99)121)51-141-52-77(122)105-68(42-56-23-14-10-15-24-56)87(130)108-69(44-58-33-39-63(120)40-34-58)88(131)112-73(47-79(125)126)90(133)110-71(45-62-48-103-65-30-21-20-29-64(62)65)92(135)117-82(55(6)7)96(139)118-83(61-37-35-60(36-38-61)59-27-18-12-19-28-59)97(140)107-67(32-22-41-102-98(100)101)85(128)111-72(46-78(123)124)89(132)109-70(43-57-25-16-11-17-26-57)91(134)116-80(53(2)3)94(137)106-66/h10-12,14-21,23-30,33-40,48,53-55,66-75,80-83,103,119-120H,8-9,13,22,31-32,41-47,49-52H2,1-7H3,(H2,99,121)(H,104,127)(H,105,122)(H,106,137)(H,107,140)(H,108,130)(H,109,132)(H,110,133)(H,111,128)(H,112,131)(H,113,138)(H,114,136)(H,115,129)(H,116,134)(H,117,135)(H,118,139)(H,123,124)(H,125,126)(H4,100,101,102)/t66-,67-,68-,69-,70+,71-,72-,73-,74-,75-,80-,81-,82-,83-/m0/s1. The van der Waals surface area contributed by atoms with Crippen molar-refractivity contribution < 1.29 is 107 Å². The molecule has 0 saturated carbocycles. The van der Waals surface area contributed by atoms with E-state index in [9.17, 15) is 63.6 Å². The van der Waals surface area contributed by atoms with Gasteiger partial charge in [0, 0.05) is 55.1 Å². The van der Waals surface area contributed by atoms with E-state index < -0.39 is 265 Å². The molecule has 7 aromatic rings. The number of fused-ring (bicyclic) bond motifs is 1. The molecule has 14 atom stereocenters. The zero-order chi connectivity index (χ0) is 103. The summed E-state index contributed by atoms with van der Waals surface area (Å²) in [5.74, 6) is -25.0. The van der Waals surface area contributed by atoms with E-state index in [2.05, 4.69) is 90.1 Å². The van der Waals surface area contributed by atoms with Crippen molar-refractivity contribution >= 4 is 135 Å². The van der Waals surface area contributed by atoms with Crippen molar-refractivity contribution in [3.63, 3.8) is 0 Å². The number of carboxylic acid groups (broad SMARTS) is 2. The molecule has 1 aliphatic heterocycles. The van der Waals surface area contributed by atoms with Crippen LogP contribution in [-0.2, 0) is 112 Å². The highest BCUT2D eigenvalue weighted by atomic mass is 32.2. The van der Waals surface area contributed by atoms with Crippen molar-refractivity contribution in [2.75, 3.05) is 31.2 Å². The van der Waals surface area contributed by atoms with Crippen LogP contribution in [0.25, 0.3) is 22.0 Å². The molecule has 26 N–H and O–H groups in total. The maximum atomic E-state index is 15.6. The summed E-state index contributed by atoms with van der Waals surface area (Å²) in [6.45, 7) is 9.09. The topological polar surface area (TPSA) is 672 Å². The predicted octanol–water partition coefficient (Wildman–Crippen LogP) is 0.0726. The van der Waals surface area contributed by atoms with Gasteiger partial charge in [0.2, 0.25) is 94.5 Å². The molecule has 0 aliphatic carbocycles. The second-order valence-corrected chi connectivity index (χ2v) is 36.2. The van der Waals surface area contributed by atoms with Gasteiger partial charge in [-0.05, 0) is 94.2 Å². The Morgan fingerprint density at radius 3 is 1.30 bits per heavy atom. The SMILES string of the molecule is CCCCC[C@@H]1NC(=O)[C@H](C(C)C)NC(=O)[C@@H](Cc2ccccc2)NC(=O)[C@H](CC(=O)O)NC(=O)[C@H](CCCNC(=N)N)NC(=O)[C@H](c2ccc(-c3ccccc3)cc2)NC(=O)[C@H](C(C)C)NC(=O)[C@H](Cc2c[nH]c3ccccc23)NC(=O)[C@H](CC(=O)O)NC(=O)[C@H](Cc2ccc(O)cc2)NC(=O)[C@H](Cc2ccccc2)NC(=O)CSC[C@@H](C(=O)NCC(N)=O)NC(=O)[C@H](CO)NC(=O)[C@H](C(C)C)NC1=O. The molecule has 43 heteroatoms. The molecular weight excluding hydrogens is 1840 g/mol. The van der Waals surface area contributed by atoms with Crippen LogP contribution in [0.2, 0.25) is 0 Å². The number of primary amides is 1. The van der Waals surface area contributed by atoms with Crippen molar-refractivity contribution in [1.29, 1.82) is 5.41 Å². The first-order chi connectivity index (χ1) is 67.2. The molecule has 0 spiro atoms. The van der Waals surface area contributed by atoms with Gasteiger partial charge >= 0.3 is 11.9 Å². The highest BCUT2D eigenvalue weighted by Gasteiger charge is 2.41. The molecule has 1 aromatic heterocycles. The van der Waals surface area contributed by atoms with Gasteiger partial charge in [-0.15, -0.1) is 11.8 Å². The minimum absolute atomic E-state index is 0.0513. The van der Waals surface area contributed by atoms with Gasteiger partial charge in [0.05, 0.1) is 31.7 Å². The van der Waals surface area contributed by atoms with E-state index in [-0.39, 0.29) is 55.5 Å². The van der Waals surface area contributed by atoms with E-state index in [1.165, 1.54) is 70.3 Å². The monoisotopic (exact) mass is 1970 g/mol. The summed E-state index contributed by atoms with van der Waals surface area (Å²) >= 11 is 0.702. The van der Waals surface area contributed by atoms with Gasteiger partial charge in [-0.3, -0.25) is 91.7 Å². The average Bonchev–Trinajstić information content (AvgIpc) is 1.73. The Hall–Kier alpha value is -15.3. The van der Waals surface area contributed by atoms with Crippen LogP contribution in [0.4, 0.5) is 0 Å². The average molecular weight is 1970 g/mol. The zero-order valence-electron chi connectivity index (χ0n) is 79.2. The highest BCUT2D eigenvalue weighted by Crippen LogP contribution is 2.26. The molecule has 16 amide bonds. The summed E-state index contributed by atoms with van der Waals surface area (Å²) in [6.07, 6.45) is -1.30. The fourth-order valence-electron chi connectivity index (χ4n) is 15.3. The third-order valence-electron chi connectivity index (χ3n) is 23.0. The summed E-state index contributed by atoms with van der Waals surface area (Å²) in [6, 6.07) is 19.3. The molecule has 0 bridgehead atoms. The number of phenols is 1. The Balaban J connectivity index is 1.23. The number of amides is 16. The lowest BCUT2D eigenvalue weighted by Gasteiger charge is -2.30. The molecule has 1 saturated heterocycles. The number of carbonyl (C=O) groups is 18. The molecule has 6 aromatic carbocycles. The zero-order valence-corrected chi connectivity index (χ0v) is 80.0. The number of unbranched alkanes of at least 4 members (excludes halogenated alkanes) is 2. The summed E-state index contributed by atoms with van der Waals surface area (Å²) in [7, 11) is 0. The number of aliphatic hydroxyl groups is 1. The van der Waals surface area contributed by atoms with Crippen LogP contribution < -0.4 is 96.5 Å². The number of aliphatic hydroxyl groups excluding tert-OH is 1. The van der Waals surface area contributed by atoms with Gasteiger partial charge in [0.15, 0.2) is 5.96 Å². The Kier molecular flexibility index (Phi) is 43.6. The molecule has 1 aliphatic rings. The highest BCUT2D eigenvalue weighted by molar-refractivity contribution is 8.00. The molecule has 756 valence electrons. The maximum absolute atomic E-state index is 15.6. The first kappa shape index (κ1) is 111. The number of carboxylic acids is 2. The lowest BCUT2D eigenvalue weighted by atomic mass is 9.97. The number of hydrogen-bond donors (Lipinski definition) is 24. The lowest BCUT2D eigenvalue weighted by molar-refractivity contribution is -0.142. The predicted molar refractivity (Wildman–Crippen MR) is 521 cm³/mol.